The fourth-order valence-electron chi connectivity index (χ4n) is 1.63. The van der Waals surface area contributed by atoms with Gasteiger partial charge in [0.05, 0.1) is 0 Å². The van der Waals surface area contributed by atoms with Crippen LogP contribution in [0.3, 0.4) is 0 Å². The molecule has 1 aromatic heterocycles. The molecule has 2 rings (SSSR count). The lowest BCUT2D eigenvalue weighted by Crippen LogP contribution is -2.25. The molecule has 0 saturated carbocycles. The maximum atomic E-state index is 11.8. The van der Waals surface area contributed by atoms with Crippen molar-refractivity contribution in [3.05, 3.63) is 62.3 Å². The molecular formula is C13H13N2O6P. The van der Waals surface area contributed by atoms with Crippen LogP contribution in [0.5, 0.6) is 5.88 Å². The normalized spacial score (nSPS) is 11.7. The first-order valence-corrected chi connectivity index (χ1v) is 7.92. The van der Waals surface area contributed by atoms with Crippen molar-refractivity contribution in [1.29, 1.82) is 0 Å². The fraction of sp³-hybridized carbons (Fsp3) is 0.0769. The van der Waals surface area contributed by atoms with Gasteiger partial charge in [-0.25, -0.2) is 4.79 Å². The Labute approximate surface area is 124 Å². The van der Waals surface area contributed by atoms with Crippen LogP contribution in [0, 0.1) is 0 Å². The van der Waals surface area contributed by atoms with Crippen LogP contribution in [0.15, 0.2) is 39.9 Å². The van der Waals surface area contributed by atoms with Gasteiger partial charge in [0.1, 0.15) is 5.56 Å². The van der Waals surface area contributed by atoms with Gasteiger partial charge in [0.25, 0.3) is 5.56 Å². The quantitative estimate of drug-likeness (QED) is 0.600. The summed E-state index contributed by atoms with van der Waals surface area (Å²) < 4.78 is 15.7. The predicted octanol–water partition coefficient (Wildman–Crippen LogP) is 0.748. The maximum absolute atomic E-state index is 11.8. The number of hydrogen-bond donors (Lipinski definition) is 4. The SMILES string of the molecule is O=c1[nH]c(OCP(=O)(O)O)c(/C=C/c2ccccc2)c(=O)[nH]1. The van der Waals surface area contributed by atoms with E-state index in [4.69, 9.17) is 14.5 Å². The molecule has 0 saturated heterocycles. The van der Waals surface area contributed by atoms with E-state index >= 15 is 0 Å². The van der Waals surface area contributed by atoms with Crippen LogP contribution in [-0.4, -0.2) is 26.1 Å². The predicted molar refractivity (Wildman–Crippen MR) is 80.6 cm³/mol. The number of benzene rings is 1. The molecule has 116 valence electrons. The number of hydrogen-bond acceptors (Lipinski definition) is 4. The summed E-state index contributed by atoms with van der Waals surface area (Å²) in [6.07, 6.45) is 2.05. The maximum Gasteiger partial charge on any atom is 0.362 e. The van der Waals surface area contributed by atoms with E-state index < -0.39 is 25.2 Å². The van der Waals surface area contributed by atoms with E-state index in [1.54, 1.807) is 18.2 Å². The van der Waals surface area contributed by atoms with E-state index in [1.165, 1.54) is 6.08 Å². The van der Waals surface area contributed by atoms with Crippen molar-refractivity contribution in [3.63, 3.8) is 0 Å². The topological polar surface area (TPSA) is 132 Å². The van der Waals surface area contributed by atoms with Gasteiger partial charge in [-0.1, -0.05) is 36.4 Å². The van der Waals surface area contributed by atoms with E-state index in [2.05, 4.69) is 4.98 Å². The molecule has 1 heterocycles. The largest absolute Gasteiger partial charge is 0.465 e. The molecule has 0 atom stereocenters. The highest BCUT2D eigenvalue weighted by atomic mass is 31.2. The highest BCUT2D eigenvalue weighted by molar-refractivity contribution is 7.51. The van der Waals surface area contributed by atoms with Crippen LogP contribution in [-0.2, 0) is 4.57 Å². The van der Waals surface area contributed by atoms with Gasteiger partial charge in [0.15, 0.2) is 6.35 Å². The van der Waals surface area contributed by atoms with Crippen LogP contribution >= 0.6 is 7.60 Å². The number of rotatable bonds is 5. The third-order valence-electron chi connectivity index (χ3n) is 2.56. The van der Waals surface area contributed by atoms with E-state index in [9.17, 15) is 14.2 Å². The monoisotopic (exact) mass is 324 g/mol. The Kier molecular flexibility index (Phi) is 4.77. The van der Waals surface area contributed by atoms with Gasteiger partial charge in [0.2, 0.25) is 5.88 Å². The number of aromatic amines is 2. The molecule has 0 aliphatic heterocycles. The van der Waals surface area contributed by atoms with Gasteiger partial charge < -0.3 is 14.5 Å². The second-order valence-corrected chi connectivity index (χ2v) is 5.92. The molecule has 4 N–H and O–H groups in total. The standard InChI is InChI=1S/C13H13N2O6P/c16-11-10(7-6-9-4-2-1-3-5-9)12(15-13(17)14-11)21-8-22(18,19)20/h1-7H,8H2,(H2,18,19,20)(H2,14,15,16,17)/b7-6+. The van der Waals surface area contributed by atoms with E-state index in [1.807, 2.05) is 23.2 Å². The summed E-state index contributed by atoms with van der Waals surface area (Å²) in [4.78, 5) is 44.9. The Balaban J connectivity index is 2.37. The molecule has 0 spiro atoms. The summed E-state index contributed by atoms with van der Waals surface area (Å²) in [6, 6.07) is 9.04. The molecular weight excluding hydrogens is 311 g/mol. The molecule has 0 aliphatic rings. The lowest BCUT2D eigenvalue weighted by Gasteiger charge is -2.08. The smallest absolute Gasteiger partial charge is 0.362 e. The Morgan fingerprint density at radius 3 is 2.41 bits per heavy atom. The molecule has 1 aromatic carbocycles. The number of ether oxygens (including phenoxy) is 1. The van der Waals surface area contributed by atoms with Crippen LogP contribution in [0.2, 0.25) is 0 Å². The summed E-state index contributed by atoms with van der Waals surface area (Å²) in [5.74, 6) is -0.302. The van der Waals surface area contributed by atoms with Crippen molar-refractivity contribution < 1.29 is 19.1 Å². The van der Waals surface area contributed by atoms with Crippen molar-refractivity contribution in [2.45, 2.75) is 0 Å². The Hall–Kier alpha value is -2.41. The van der Waals surface area contributed by atoms with Gasteiger partial charge in [-0.2, -0.15) is 0 Å². The third-order valence-corrected chi connectivity index (χ3v) is 3.03. The van der Waals surface area contributed by atoms with Crippen LogP contribution in [0.1, 0.15) is 11.1 Å². The van der Waals surface area contributed by atoms with Crippen molar-refractivity contribution in [1.82, 2.24) is 9.97 Å². The molecule has 0 aliphatic carbocycles. The summed E-state index contributed by atoms with van der Waals surface area (Å²) in [6.45, 7) is 0. The minimum absolute atomic E-state index is 0.0445. The molecule has 0 amide bonds. The first kappa shape index (κ1) is 16.0. The van der Waals surface area contributed by atoms with Crippen molar-refractivity contribution in [3.8, 4) is 5.88 Å². The number of H-pyrrole nitrogens is 2. The van der Waals surface area contributed by atoms with Gasteiger partial charge in [-0.3, -0.25) is 19.3 Å². The second kappa shape index (κ2) is 6.57. The zero-order valence-corrected chi connectivity index (χ0v) is 12.1. The Bertz CT molecular complexity index is 834. The first-order chi connectivity index (χ1) is 10.3. The number of aromatic nitrogens is 2. The second-order valence-electron chi connectivity index (χ2n) is 4.33. The summed E-state index contributed by atoms with van der Waals surface area (Å²) in [5.41, 5.74) is -0.801. The molecule has 22 heavy (non-hydrogen) atoms. The number of nitrogens with one attached hydrogen (secondary N) is 2. The molecule has 9 heteroatoms. The average Bonchev–Trinajstić information content (AvgIpc) is 2.44. The lowest BCUT2D eigenvalue weighted by atomic mass is 10.2. The van der Waals surface area contributed by atoms with Gasteiger partial charge in [0, 0.05) is 0 Å². The lowest BCUT2D eigenvalue weighted by molar-refractivity contribution is 0.292. The first-order valence-electron chi connectivity index (χ1n) is 6.12. The summed E-state index contributed by atoms with van der Waals surface area (Å²) in [5, 5.41) is 0. The van der Waals surface area contributed by atoms with E-state index in [-0.39, 0.29) is 11.4 Å². The van der Waals surface area contributed by atoms with E-state index in [0.717, 1.165) is 5.56 Å². The highest BCUT2D eigenvalue weighted by Crippen LogP contribution is 2.34. The average molecular weight is 324 g/mol. The van der Waals surface area contributed by atoms with Crippen LogP contribution in [0.4, 0.5) is 0 Å². The van der Waals surface area contributed by atoms with Crippen molar-refractivity contribution in [2.75, 3.05) is 6.35 Å². The zero-order chi connectivity index (χ0) is 16.2. The van der Waals surface area contributed by atoms with Gasteiger partial charge >= 0.3 is 13.3 Å². The molecule has 0 unspecified atom stereocenters. The molecule has 0 fully saturated rings. The molecule has 2 aromatic rings. The van der Waals surface area contributed by atoms with Gasteiger partial charge in [-0.15, -0.1) is 0 Å². The summed E-state index contributed by atoms with van der Waals surface area (Å²) in [7, 11) is -4.44. The molecule has 8 nitrogen and oxygen atoms in total. The fourth-order valence-corrected chi connectivity index (χ4v) is 1.93. The van der Waals surface area contributed by atoms with Crippen LogP contribution in [0.25, 0.3) is 12.2 Å². The molecule has 0 bridgehead atoms. The third kappa shape index (κ3) is 4.56. The minimum Gasteiger partial charge on any atom is -0.465 e. The zero-order valence-electron chi connectivity index (χ0n) is 11.2. The summed E-state index contributed by atoms with van der Waals surface area (Å²) >= 11 is 0. The Morgan fingerprint density at radius 2 is 1.77 bits per heavy atom. The van der Waals surface area contributed by atoms with Crippen molar-refractivity contribution >= 4 is 19.7 Å². The van der Waals surface area contributed by atoms with E-state index in [0.29, 0.717) is 0 Å². The van der Waals surface area contributed by atoms with Gasteiger partial charge in [-0.05, 0) is 11.6 Å². The molecule has 0 radical (unpaired) electrons. The Morgan fingerprint density at radius 1 is 1.09 bits per heavy atom. The van der Waals surface area contributed by atoms with Crippen molar-refractivity contribution in [2.24, 2.45) is 0 Å². The highest BCUT2D eigenvalue weighted by Gasteiger charge is 2.16. The van der Waals surface area contributed by atoms with Crippen LogP contribution < -0.4 is 16.0 Å². The minimum atomic E-state index is -4.44.